The van der Waals surface area contributed by atoms with E-state index in [1.54, 1.807) is 0 Å². The number of benzene rings is 1. The van der Waals surface area contributed by atoms with Gasteiger partial charge in [-0.05, 0) is 12.8 Å². The molecule has 11 heavy (non-hydrogen) atoms. The summed E-state index contributed by atoms with van der Waals surface area (Å²) in [4.78, 5) is 0. The Balaban J connectivity index is 2.15. The Morgan fingerprint density at radius 2 is 1.82 bits per heavy atom. The molecule has 0 unspecified atom stereocenters. The fraction of sp³-hybridized carbons (Fsp3) is 0.400. The first-order valence-corrected chi connectivity index (χ1v) is 4.26. The predicted octanol–water partition coefficient (Wildman–Crippen LogP) is 1.38. The second kappa shape index (κ2) is 2.67. The van der Waals surface area contributed by atoms with Gasteiger partial charge in [0, 0.05) is 11.5 Å². The maximum atomic E-state index is 4.17. The molecule has 0 aliphatic heterocycles. The van der Waals surface area contributed by atoms with Gasteiger partial charge in [0.2, 0.25) is 0 Å². The van der Waals surface area contributed by atoms with Crippen LogP contribution in [0.2, 0.25) is 0 Å². The summed E-state index contributed by atoms with van der Waals surface area (Å²) in [6, 6.07) is 11.1. The SMILES string of the molecule is [NH3+][C@H](c1ccccc1)C1CC1. The Hall–Kier alpha value is -0.820. The highest BCUT2D eigenvalue weighted by Crippen LogP contribution is 2.37. The maximum Gasteiger partial charge on any atom is 0.113 e. The topological polar surface area (TPSA) is 27.6 Å². The first kappa shape index (κ1) is 6.86. The van der Waals surface area contributed by atoms with Crippen molar-refractivity contribution in [3.8, 4) is 0 Å². The van der Waals surface area contributed by atoms with Crippen LogP contribution >= 0.6 is 0 Å². The highest BCUT2D eigenvalue weighted by molar-refractivity contribution is 5.18. The predicted molar refractivity (Wildman–Crippen MR) is 44.8 cm³/mol. The molecule has 1 atom stereocenters. The van der Waals surface area contributed by atoms with Crippen LogP contribution < -0.4 is 5.73 Å². The van der Waals surface area contributed by atoms with Crippen molar-refractivity contribution in [2.24, 2.45) is 5.92 Å². The minimum atomic E-state index is 0.538. The van der Waals surface area contributed by atoms with E-state index in [9.17, 15) is 0 Å². The molecule has 1 aliphatic rings. The van der Waals surface area contributed by atoms with Gasteiger partial charge in [0.05, 0.1) is 0 Å². The van der Waals surface area contributed by atoms with Crippen LogP contribution in [0, 0.1) is 5.92 Å². The third-order valence-electron chi connectivity index (χ3n) is 2.42. The van der Waals surface area contributed by atoms with Crippen molar-refractivity contribution in [3.63, 3.8) is 0 Å². The van der Waals surface area contributed by atoms with Gasteiger partial charge in [0.15, 0.2) is 0 Å². The third kappa shape index (κ3) is 1.43. The van der Waals surface area contributed by atoms with E-state index in [-0.39, 0.29) is 0 Å². The Bertz CT molecular complexity index is 226. The van der Waals surface area contributed by atoms with Gasteiger partial charge in [0.25, 0.3) is 0 Å². The molecule has 3 N–H and O–H groups in total. The van der Waals surface area contributed by atoms with Crippen LogP contribution in [0.3, 0.4) is 0 Å². The lowest BCUT2D eigenvalue weighted by Gasteiger charge is -2.05. The summed E-state index contributed by atoms with van der Waals surface area (Å²) in [6.45, 7) is 0. The van der Waals surface area contributed by atoms with Gasteiger partial charge in [-0.3, -0.25) is 0 Å². The van der Waals surface area contributed by atoms with Crippen molar-refractivity contribution in [1.29, 1.82) is 0 Å². The highest BCUT2D eigenvalue weighted by atomic mass is 14.7. The average Bonchev–Trinajstić information content (AvgIpc) is 2.87. The molecule has 1 nitrogen and oxygen atoms in total. The molecular weight excluding hydrogens is 134 g/mol. The zero-order valence-electron chi connectivity index (χ0n) is 6.66. The lowest BCUT2D eigenvalue weighted by atomic mass is 10.0. The number of hydrogen-bond donors (Lipinski definition) is 1. The van der Waals surface area contributed by atoms with E-state index in [1.807, 2.05) is 0 Å². The van der Waals surface area contributed by atoms with Crippen molar-refractivity contribution >= 4 is 0 Å². The Morgan fingerprint density at radius 1 is 1.18 bits per heavy atom. The molecule has 1 saturated carbocycles. The van der Waals surface area contributed by atoms with Crippen molar-refractivity contribution in [2.45, 2.75) is 18.9 Å². The van der Waals surface area contributed by atoms with Crippen LogP contribution in [0.15, 0.2) is 30.3 Å². The molecule has 0 bridgehead atoms. The van der Waals surface area contributed by atoms with Gasteiger partial charge in [-0.2, -0.15) is 0 Å². The maximum absolute atomic E-state index is 4.17. The fourth-order valence-electron chi connectivity index (χ4n) is 1.47. The molecule has 0 saturated heterocycles. The summed E-state index contributed by atoms with van der Waals surface area (Å²) in [7, 11) is 0. The highest BCUT2D eigenvalue weighted by Gasteiger charge is 2.32. The van der Waals surface area contributed by atoms with E-state index in [0.29, 0.717) is 6.04 Å². The molecule has 0 amide bonds. The van der Waals surface area contributed by atoms with Crippen LogP contribution in [0.4, 0.5) is 0 Å². The largest absolute Gasteiger partial charge is 0.351 e. The van der Waals surface area contributed by atoms with Crippen LogP contribution in [0.25, 0.3) is 0 Å². The number of rotatable bonds is 2. The molecule has 0 heterocycles. The molecule has 1 aromatic rings. The average molecular weight is 148 g/mol. The molecule has 0 spiro atoms. The van der Waals surface area contributed by atoms with E-state index >= 15 is 0 Å². The molecule has 1 heteroatoms. The van der Waals surface area contributed by atoms with Gasteiger partial charge in [0.1, 0.15) is 6.04 Å². The summed E-state index contributed by atoms with van der Waals surface area (Å²) in [5, 5.41) is 0. The first-order chi connectivity index (χ1) is 5.38. The van der Waals surface area contributed by atoms with Gasteiger partial charge in [-0.15, -0.1) is 0 Å². The number of quaternary nitrogens is 1. The van der Waals surface area contributed by atoms with Crippen molar-refractivity contribution in [2.75, 3.05) is 0 Å². The molecule has 1 aromatic carbocycles. The summed E-state index contributed by atoms with van der Waals surface area (Å²) < 4.78 is 0. The Labute approximate surface area is 67.2 Å². The van der Waals surface area contributed by atoms with Gasteiger partial charge in [-0.1, -0.05) is 30.3 Å². The first-order valence-electron chi connectivity index (χ1n) is 4.26. The Kier molecular flexibility index (Phi) is 1.66. The summed E-state index contributed by atoms with van der Waals surface area (Å²) >= 11 is 0. The van der Waals surface area contributed by atoms with Crippen LogP contribution in [-0.2, 0) is 0 Å². The molecule has 0 radical (unpaired) electrons. The summed E-state index contributed by atoms with van der Waals surface area (Å²) in [5.41, 5.74) is 5.57. The molecule has 1 fully saturated rings. The Morgan fingerprint density at radius 3 is 2.36 bits per heavy atom. The standard InChI is InChI=1S/C10H13N/c11-10(9-6-7-9)8-4-2-1-3-5-8/h1-5,9-10H,6-7,11H2/p+1/t10-/m1/s1. The van der Waals surface area contributed by atoms with E-state index in [0.717, 1.165) is 5.92 Å². The lowest BCUT2D eigenvalue weighted by Crippen LogP contribution is -2.54. The van der Waals surface area contributed by atoms with Crippen LogP contribution in [-0.4, -0.2) is 0 Å². The van der Waals surface area contributed by atoms with Gasteiger partial charge >= 0.3 is 0 Å². The van der Waals surface area contributed by atoms with Crippen molar-refractivity contribution in [3.05, 3.63) is 35.9 Å². The zero-order chi connectivity index (χ0) is 7.68. The normalized spacial score (nSPS) is 19.7. The quantitative estimate of drug-likeness (QED) is 0.656. The van der Waals surface area contributed by atoms with E-state index in [4.69, 9.17) is 0 Å². The van der Waals surface area contributed by atoms with E-state index in [1.165, 1.54) is 18.4 Å². The van der Waals surface area contributed by atoms with Crippen molar-refractivity contribution < 1.29 is 5.73 Å². The minimum Gasteiger partial charge on any atom is -0.351 e. The summed E-state index contributed by atoms with van der Waals surface area (Å²) in [6.07, 6.45) is 2.76. The number of hydrogen-bond acceptors (Lipinski definition) is 0. The zero-order valence-corrected chi connectivity index (χ0v) is 6.66. The van der Waals surface area contributed by atoms with Crippen molar-refractivity contribution in [1.82, 2.24) is 0 Å². The fourth-order valence-corrected chi connectivity index (χ4v) is 1.47. The van der Waals surface area contributed by atoms with Gasteiger partial charge < -0.3 is 5.73 Å². The minimum absolute atomic E-state index is 0.538. The van der Waals surface area contributed by atoms with Gasteiger partial charge in [-0.25, -0.2) is 0 Å². The lowest BCUT2D eigenvalue weighted by molar-refractivity contribution is -0.432. The third-order valence-corrected chi connectivity index (χ3v) is 2.42. The second-order valence-corrected chi connectivity index (χ2v) is 3.35. The van der Waals surface area contributed by atoms with E-state index < -0.39 is 0 Å². The molecule has 1 aliphatic carbocycles. The second-order valence-electron chi connectivity index (χ2n) is 3.35. The summed E-state index contributed by atoms with van der Waals surface area (Å²) in [5.74, 6) is 0.873. The molecular formula is C10H14N+. The van der Waals surface area contributed by atoms with Crippen LogP contribution in [0.1, 0.15) is 24.4 Å². The smallest absolute Gasteiger partial charge is 0.113 e. The molecule has 2 rings (SSSR count). The molecule has 58 valence electrons. The molecule has 0 aromatic heterocycles. The van der Waals surface area contributed by atoms with E-state index in [2.05, 4.69) is 36.1 Å². The van der Waals surface area contributed by atoms with Crippen LogP contribution in [0.5, 0.6) is 0 Å². The monoisotopic (exact) mass is 148 g/mol.